The molecule has 17 heavy (non-hydrogen) atoms. The third-order valence-corrected chi connectivity index (χ3v) is 3.03. The van der Waals surface area contributed by atoms with Crippen molar-refractivity contribution in [3.05, 3.63) is 34.9 Å². The number of hydrogen-bond donors (Lipinski definition) is 1. The molecule has 0 saturated carbocycles. The smallest absolute Gasteiger partial charge is 0.320 e. The number of hydrogen-bond acceptors (Lipinski definition) is 1. The van der Waals surface area contributed by atoms with Gasteiger partial charge in [0.15, 0.2) is 0 Å². The van der Waals surface area contributed by atoms with Crippen molar-refractivity contribution in [3.8, 4) is 0 Å². The maximum absolute atomic E-state index is 12.4. The number of benzene rings is 1. The van der Waals surface area contributed by atoms with Gasteiger partial charge >= 0.3 is 6.18 Å². The first-order valence-corrected chi connectivity index (χ1v) is 5.59. The second-order valence-corrected chi connectivity index (χ2v) is 5.18. The van der Waals surface area contributed by atoms with Crippen LogP contribution in [0.15, 0.2) is 24.3 Å². The second-order valence-electron chi connectivity index (χ2n) is 4.74. The highest BCUT2D eigenvalue weighted by Crippen LogP contribution is 2.33. The van der Waals surface area contributed by atoms with Crippen LogP contribution in [0.2, 0.25) is 5.02 Å². The summed E-state index contributed by atoms with van der Waals surface area (Å²) in [7, 11) is 0. The van der Waals surface area contributed by atoms with Crippen LogP contribution in [0.1, 0.15) is 25.8 Å². The van der Waals surface area contributed by atoms with Gasteiger partial charge in [-0.25, -0.2) is 0 Å². The Hall–Kier alpha value is -0.740. The van der Waals surface area contributed by atoms with Crippen LogP contribution in [0.25, 0.3) is 0 Å². The van der Waals surface area contributed by atoms with Crippen LogP contribution in [-0.2, 0) is 5.41 Å². The van der Waals surface area contributed by atoms with Crippen LogP contribution >= 0.6 is 11.6 Å². The summed E-state index contributed by atoms with van der Waals surface area (Å²) in [4.78, 5) is 0. The minimum atomic E-state index is -4.36. The molecular weight excluding hydrogens is 251 g/mol. The first-order valence-electron chi connectivity index (χ1n) is 5.21. The first kappa shape index (κ1) is 14.3. The van der Waals surface area contributed by atoms with Crippen molar-refractivity contribution < 1.29 is 13.2 Å². The van der Waals surface area contributed by atoms with Crippen molar-refractivity contribution >= 4 is 11.6 Å². The predicted molar refractivity (Wildman–Crippen MR) is 63.1 cm³/mol. The van der Waals surface area contributed by atoms with Gasteiger partial charge in [-0.2, -0.15) is 13.2 Å². The highest BCUT2D eigenvalue weighted by atomic mass is 35.5. The van der Waals surface area contributed by atoms with Gasteiger partial charge in [-0.15, -0.1) is 0 Å². The molecule has 0 aliphatic heterocycles. The van der Waals surface area contributed by atoms with E-state index in [9.17, 15) is 13.2 Å². The summed E-state index contributed by atoms with van der Waals surface area (Å²) < 4.78 is 37.2. The fraction of sp³-hybridized carbons (Fsp3) is 0.500. The molecule has 96 valence electrons. The molecule has 0 fully saturated rings. The van der Waals surface area contributed by atoms with Crippen molar-refractivity contribution in [2.24, 2.45) is 5.73 Å². The Morgan fingerprint density at radius 2 is 1.65 bits per heavy atom. The molecule has 1 rings (SSSR count). The summed E-state index contributed by atoms with van der Waals surface area (Å²) in [6, 6.07) is 4.97. The van der Waals surface area contributed by atoms with Gasteiger partial charge in [0, 0.05) is 5.02 Å². The Balaban J connectivity index is 2.85. The largest absolute Gasteiger partial charge is 0.403 e. The summed E-state index contributed by atoms with van der Waals surface area (Å²) >= 11 is 5.74. The average molecular weight is 266 g/mol. The Morgan fingerprint density at radius 1 is 1.18 bits per heavy atom. The van der Waals surface area contributed by atoms with Gasteiger partial charge in [-0.3, -0.25) is 0 Å². The summed E-state index contributed by atoms with van der Waals surface area (Å²) in [5.41, 5.74) is 5.31. The van der Waals surface area contributed by atoms with Crippen molar-refractivity contribution in [3.63, 3.8) is 0 Å². The van der Waals surface area contributed by atoms with E-state index in [-0.39, 0.29) is 6.42 Å². The minimum Gasteiger partial charge on any atom is -0.320 e. The van der Waals surface area contributed by atoms with Gasteiger partial charge < -0.3 is 5.73 Å². The van der Waals surface area contributed by atoms with Gasteiger partial charge in [-0.05, 0) is 29.5 Å². The molecule has 1 aromatic carbocycles. The first-order chi connectivity index (χ1) is 7.63. The van der Waals surface area contributed by atoms with E-state index in [1.165, 1.54) is 0 Å². The molecule has 1 atom stereocenters. The maximum atomic E-state index is 12.4. The van der Waals surface area contributed by atoms with E-state index in [0.29, 0.717) is 5.02 Å². The van der Waals surface area contributed by atoms with Crippen LogP contribution in [0.4, 0.5) is 13.2 Å². The molecule has 0 aliphatic rings. The molecule has 0 saturated heterocycles. The summed E-state index contributed by atoms with van der Waals surface area (Å²) in [5, 5.41) is 0.560. The van der Waals surface area contributed by atoms with Gasteiger partial charge in [0.25, 0.3) is 0 Å². The Morgan fingerprint density at radius 3 is 2.06 bits per heavy atom. The van der Waals surface area contributed by atoms with Crippen LogP contribution in [0.5, 0.6) is 0 Å². The molecule has 0 amide bonds. The molecule has 2 N–H and O–H groups in total. The molecule has 0 bridgehead atoms. The molecule has 1 unspecified atom stereocenters. The van der Waals surface area contributed by atoms with E-state index in [2.05, 4.69) is 0 Å². The molecule has 0 aromatic heterocycles. The van der Waals surface area contributed by atoms with Gasteiger partial charge in [0.2, 0.25) is 0 Å². The van der Waals surface area contributed by atoms with Gasteiger partial charge in [0.05, 0.1) is 0 Å². The van der Waals surface area contributed by atoms with Crippen LogP contribution in [-0.4, -0.2) is 12.2 Å². The second kappa shape index (κ2) is 4.86. The Kier molecular flexibility index (Phi) is 4.10. The highest BCUT2D eigenvalue weighted by Gasteiger charge is 2.40. The summed E-state index contributed by atoms with van der Waals surface area (Å²) in [6.07, 6.45) is -4.51. The van der Waals surface area contributed by atoms with E-state index in [1.54, 1.807) is 38.1 Å². The average Bonchev–Trinajstić information content (AvgIpc) is 2.16. The van der Waals surface area contributed by atoms with Crippen LogP contribution in [0, 0.1) is 0 Å². The molecule has 0 radical (unpaired) electrons. The zero-order valence-corrected chi connectivity index (χ0v) is 10.4. The topological polar surface area (TPSA) is 26.0 Å². The molecule has 0 heterocycles. The molecule has 0 aliphatic carbocycles. The van der Waals surface area contributed by atoms with Crippen LogP contribution in [0.3, 0.4) is 0 Å². The third-order valence-electron chi connectivity index (χ3n) is 2.78. The number of nitrogens with two attached hydrogens (primary N) is 1. The quantitative estimate of drug-likeness (QED) is 0.881. The van der Waals surface area contributed by atoms with Crippen LogP contribution < -0.4 is 5.73 Å². The Labute approximate surface area is 104 Å². The fourth-order valence-electron chi connectivity index (χ4n) is 1.68. The molecular formula is C12H15ClF3N. The maximum Gasteiger partial charge on any atom is 0.403 e. The van der Waals surface area contributed by atoms with E-state index < -0.39 is 17.6 Å². The predicted octanol–water partition coefficient (Wildman–Crippen LogP) is 3.90. The van der Waals surface area contributed by atoms with E-state index in [0.717, 1.165) is 5.56 Å². The molecule has 1 aromatic rings. The lowest BCUT2D eigenvalue weighted by molar-refractivity contribution is -0.151. The lowest BCUT2D eigenvalue weighted by Crippen LogP contribution is -2.42. The van der Waals surface area contributed by atoms with Gasteiger partial charge in [0.1, 0.15) is 6.04 Å². The molecule has 1 nitrogen and oxygen atoms in total. The lowest BCUT2D eigenvalue weighted by atomic mass is 9.79. The zero-order chi connectivity index (χ0) is 13.3. The summed E-state index contributed by atoms with van der Waals surface area (Å²) in [5.74, 6) is 0. The van der Waals surface area contributed by atoms with Crippen molar-refractivity contribution in [2.75, 3.05) is 0 Å². The van der Waals surface area contributed by atoms with E-state index in [1.807, 2.05) is 0 Å². The third kappa shape index (κ3) is 3.89. The fourth-order valence-corrected chi connectivity index (χ4v) is 1.81. The SMILES string of the molecule is CC(C)(CC(N)C(F)(F)F)c1ccc(Cl)cc1. The molecule has 5 heteroatoms. The highest BCUT2D eigenvalue weighted by molar-refractivity contribution is 6.30. The minimum absolute atomic E-state index is 0.155. The summed E-state index contributed by atoms with van der Waals surface area (Å²) in [6.45, 7) is 3.48. The Bertz CT molecular complexity index is 370. The normalized spacial score (nSPS) is 14.8. The number of alkyl halides is 3. The standard InChI is InChI=1S/C12H15ClF3N/c1-11(2,7-10(17)12(14,15)16)8-3-5-9(13)6-4-8/h3-6,10H,7,17H2,1-2H3. The van der Waals surface area contributed by atoms with Crippen molar-refractivity contribution in [1.82, 2.24) is 0 Å². The monoisotopic (exact) mass is 265 g/mol. The number of halogens is 4. The van der Waals surface area contributed by atoms with Crippen molar-refractivity contribution in [1.29, 1.82) is 0 Å². The molecule has 0 spiro atoms. The van der Waals surface area contributed by atoms with Gasteiger partial charge in [-0.1, -0.05) is 37.6 Å². The lowest BCUT2D eigenvalue weighted by Gasteiger charge is -2.29. The number of rotatable bonds is 3. The van der Waals surface area contributed by atoms with E-state index in [4.69, 9.17) is 17.3 Å². The van der Waals surface area contributed by atoms with E-state index >= 15 is 0 Å². The van der Waals surface area contributed by atoms with Crippen molar-refractivity contribution in [2.45, 2.75) is 37.9 Å². The zero-order valence-electron chi connectivity index (χ0n) is 9.68.